The lowest BCUT2D eigenvalue weighted by Gasteiger charge is -2.13. The van der Waals surface area contributed by atoms with Gasteiger partial charge in [-0.05, 0) is 30.2 Å². The Balaban J connectivity index is 1.84. The van der Waals surface area contributed by atoms with E-state index in [9.17, 15) is 9.59 Å². The van der Waals surface area contributed by atoms with E-state index in [0.717, 1.165) is 5.56 Å². The van der Waals surface area contributed by atoms with E-state index in [1.807, 2.05) is 31.2 Å². The van der Waals surface area contributed by atoms with E-state index in [2.05, 4.69) is 5.32 Å². The molecule has 0 unspecified atom stereocenters. The van der Waals surface area contributed by atoms with Gasteiger partial charge in [0.2, 0.25) is 10.9 Å². The lowest BCUT2D eigenvalue weighted by Crippen LogP contribution is -2.36. The first-order chi connectivity index (χ1) is 10.6. The van der Waals surface area contributed by atoms with Crippen molar-refractivity contribution in [2.24, 2.45) is 0 Å². The van der Waals surface area contributed by atoms with Crippen LogP contribution in [0.4, 0.5) is 5.69 Å². The molecule has 0 radical (unpaired) electrons. The van der Waals surface area contributed by atoms with Crippen molar-refractivity contribution in [3.8, 4) is 11.1 Å². The van der Waals surface area contributed by atoms with Crippen LogP contribution >= 0.6 is 11.6 Å². The van der Waals surface area contributed by atoms with Gasteiger partial charge >= 0.3 is 0 Å². The summed E-state index contributed by atoms with van der Waals surface area (Å²) in [7, 11) is 0. The minimum Gasteiger partial charge on any atom is -0.377 e. The Morgan fingerprint density at radius 1 is 0.909 bits per heavy atom. The summed E-state index contributed by atoms with van der Waals surface area (Å²) in [5.41, 5.74) is 2.85. The topological polar surface area (TPSA) is 46.2 Å². The summed E-state index contributed by atoms with van der Waals surface area (Å²) in [6.45, 7) is 2.53. The molecule has 0 aliphatic carbocycles. The number of hydrogen-bond donors (Lipinski definition) is 1. The van der Waals surface area contributed by atoms with Crippen molar-refractivity contribution in [3.63, 3.8) is 0 Å². The number of nitrogens with one attached hydrogen (secondary N) is 1. The van der Waals surface area contributed by atoms with Crippen molar-refractivity contribution in [3.05, 3.63) is 85.1 Å². The number of benzene rings is 2. The average molecular weight is 312 g/mol. The molecule has 3 rings (SSSR count). The zero-order valence-electron chi connectivity index (χ0n) is 12.0. The molecule has 0 aliphatic heterocycles. The predicted molar refractivity (Wildman–Crippen MR) is 90.3 cm³/mol. The molecule has 1 N–H and O–H groups in total. The highest BCUT2D eigenvalue weighted by molar-refractivity contribution is 6.30. The van der Waals surface area contributed by atoms with E-state index in [-0.39, 0.29) is 0 Å². The monoisotopic (exact) mass is 311 g/mol. The number of anilines is 1. The van der Waals surface area contributed by atoms with Gasteiger partial charge in [-0.2, -0.15) is 0 Å². The van der Waals surface area contributed by atoms with Gasteiger partial charge in [0.25, 0.3) is 0 Å². The Bertz CT molecular complexity index is 873. The van der Waals surface area contributed by atoms with Crippen LogP contribution in [0, 0.1) is 6.92 Å². The molecule has 3 aromatic carbocycles. The normalized spacial score (nSPS) is 10.8. The third-order valence-electron chi connectivity index (χ3n) is 3.63. The second kappa shape index (κ2) is 5.78. The van der Waals surface area contributed by atoms with Gasteiger partial charge in [-0.3, -0.25) is 9.59 Å². The number of halogens is 1. The smallest absolute Gasteiger partial charge is 0.250 e. The van der Waals surface area contributed by atoms with E-state index in [4.69, 9.17) is 11.6 Å². The van der Waals surface area contributed by atoms with Gasteiger partial charge < -0.3 is 5.32 Å². The summed E-state index contributed by atoms with van der Waals surface area (Å²) in [6.07, 6.45) is 0. The Morgan fingerprint density at radius 2 is 1.55 bits per heavy atom. The SMILES string of the molecule is Cc1ccc(CNc2c(-c3ccc(Cl)cc3)c(=O)c2=O)cc1. The molecular formula is C18H14ClNO2. The van der Waals surface area contributed by atoms with Crippen molar-refractivity contribution in [2.45, 2.75) is 13.5 Å². The van der Waals surface area contributed by atoms with Crippen molar-refractivity contribution in [1.29, 1.82) is 0 Å². The highest BCUT2D eigenvalue weighted by atomic mass is 35.5. The van der Waals surface area contributed by atoms with Gasteiger partial charge in [-0.15, -0.1) is 0 Å². The van der Waals surface area contributed by atoms with Crippen molar-refractivity contribution in [1.82, 2.24) is 0 Å². The second-order valence-corrected chi connectivity index (χ2v) is 5.69. The molecule has 0 saturated carbocycles. The molecule has 0 heterocycles. The fraction of sp³-hybridized carbons (Fsp3) is 0.111. The van der Waals surface area contributed by atoms with Gasteiger partial charge in [-0.25, -0.2) is 0 Å². The number of aryl methyl sites for hydroxylation is 1. The van der Waals surface area contributed by atoms with E-state index < -0.39 is 10.9 Å². The van der Waals surface area contributed by atoms with Crippen LogP contribution in [-0.2, 0) is 6.54 Å². The average Bonchev–Trinajstić information content (AvgIpc) is 2.53. The molecule has 0 fully saturated rings. The molecule has 0 saturated heterocycles. The maximum atomic E-state index is 11.8. The maximum Gasteiger partial charge on any atom is 0.250 e. The minimum atomic E-state index is -0.461. The molecule has 4 heteroatoms. The first-order valence-electron chi connectivity index (χ1n) is 6.95. The highest BCUT2D eigenvalue weighted by Gasteiger charge is 2.21. The first kappa shape index (κ1) is 14.5. The molecule has 0 atom stereocenters. The van der Waals surface area contributed by atoms with Crippen LogP contribution in [0.2, 0.25) is 5.02 Å². The third-order valence-corrected chi connectivity index (χ3v) is 3.89. The minimum absolute atomic E-state index is 0.382. The van der Waals surface area contributed by atoms with Crippen LogP contribution < -0.4 is 16.2 Å². The van der Waals surface area contributed by atoms with Crippen molar-refractivity contribution < 1.29 is 0 Å². The Labute approximate surface area is 132 Å². The fourth-order valence-corrected chi connectivity index (χ4v) is 2.47. The van der Waals surface area contributed by atoms with Crippen LogP contribution in [0.5, 0.6) is 0 Å². The number of hydrogen-bond acceptors (Lipinski definition) is 3. The molecule has 22 heavy (non-hydrogen) atoms. The van der Waals surface area contributed by atoms with E-state index in [1.165, 1.54) is 5.56 Å². The first-order valence-corrected chi connectivity index (χ1v) is 7.33. The zero-order valence-corrected chi connectivity index (χ0v) is 12.8. The molecular weight excluding hydrogens is 298 g/mol. The van der Waals surface area contributed by atoms with Crippen molar-refractivity contribution in [2.75, 3.05) is 5.32 Å². The van der Waals surface area contributed by atoms with Crippen LogP contribution in [0.15, 0.2) is 58.1 Å². The van der Waals surface area contributed by atoms with Crippen LogP contribution in [-0.4, -0.2) is 0 Å². The zero-order chi connectivity index (χ0) is 15.7. The largest absolute Gasteiger partial charge is 0.377 e. The summed E-state index contributed by atoms with van der Waals surface area (Å²) in [4.78, 5) is 23.6. The Kier molecular flexibility index (Phi) is 3.82. The van der Waals surface area contributed by atoms with E-state index in [0.29, 0.717) is 28.4 Å². The quantitative estimate of drug-likeness (QED) is 0.750. The standard InChI is InChI=1S/C18H14ClNO2/c1-11-2-4-12(5-3-11)10-20-16-15(17(21)18(16)22)13-6-8-14(19)9-7-13/h2-9,20H,10H2,1H3. The fourth-order valence-electron chi connectivity index (χ4n) is 2.35. The van der Waals surface area contributed by atoms with Crippen LogP contribution in [0.3, 0.4) is 0 Å². The van der Waals surface area contributed by atoms with E-state index in [1.54, 1.807) is 24.3 Å². The van der Waals surface area contributed by atoms with Gasteiger partial charge in [0.05, 0.1) is 11.3 Å². The molecule has 3 aromatic rings. The lowest BCUT2D eigenvalue weighted by atomic mass is 9.98. The predicted octanol–water partition coefficient (Wildman–Crippen LogP) is 3.52. The Morgan fingerprint density at radius 3 is 2.18 bits per heavy atom. The summed E-state index contributed by atoms with van der Waals surface area (Å²) in [5.74, 6) is 0. The molecule has 0 aliphatic rings. The number of rotatable bonds is 4. The van der Waals surface area contributed by atoms with Crippen LogP contribution in [0.1, 0.15) is 11.1 Å². The lowest BCUT2D eigenvalue weighted by molar-refractivity contribution is 1.13. The summed E-state index contributed by atoms with van der Waals surface area (Å²) < 4.78 is 0. The molecule has 0 amide bonds. The van der Waals surface area contributed by atoms with E-state index >= 15 is 0 Å². The molecule has 0 spiro atoms. The summed E-state index contributed by atoms with van der Waals surface area (Å²) in [5, 5.41) is 3.67. The summed E-state index contributed by atoms with van der Waals surface area (Å²) >= 11 is 5.85. The van der Waals surface area contributed by atoms with Gasteiger partial charge in [0.15, 0.2) is 0 Å². The highest BCUT2D eigenvalue weighted by Crippen LogP contribution is 2.25. The maximum absolute atomic E-state index is 11.8. The van der Waals surface area contributed by atoms with Gasteiger partial charge in [0.1, 0.15) is 0 Å². The second-order valence-electron chi connectivity index (χ2n) is 5.25. The van der Waals surface area contributed by atoms with Gasteiger partial charge in [-0.1, -0.05) is 53.6 Å². The molecule has 0 bridgehead atoms. The molecule has 110 valence electrons. The Hall–Kier alpha value is -2.39. The molecule has 3 nitrogen and oxygen atoms in total. The van der Waals surface area contributed by atoms with Crippen LogP contribution in [0.25, 0.3) is 11.1 Å². The van der Waals surface area contributed by atoms with Gasteiger partial charge in [0, 0.05) is 11.6 Å². The van der Waals surface area contributed by atoms with Crippen molar-refractivity contribution >= 4 is 17.3 Å². The summed E-state index contributed by atoms with van der Waals surface area (Å²) in [6, 6.07) is 14.9. The molecule has 0 aromatic heterocycles. The third kappa shape index (κ3) is 2.68.